The first-order valence-electron chi connectivity index (χ1n) is 6.32. The van der Waals surface area contributed by atoms with Crippen LogP contribution in [0.5, 0.6) is 0 Å². The maximum absolute atomic E-state index is 13.2. The smallest absolute Gasteiger partial charge is 0.126 e. The third-order valence-corrected chi connectivity index (χ3v) is 3.49. The van der Waals surface area contributed by atoms with Crippen molar-refractivity contribution in [2.24, 2.45) is 5.73 Å². The summed E-state index contributed by atoms with van der Waals surface area (Å²) in [6.07, 6.45) is 2.70. The molecule has 2 N–H and O–H groups in total. The van der Waals surface area contributed by atoms with Gasteiger partial charge in [0.1, 0.15) is 17.5 Å². The van der Waals surface area contributed by atoms with Gasteiger partial charge in [-0.25, -0.2) is 13.8 Å². The lowest BCUT2D eigenvalue weighted by Gasteiger charge is -2.25. The monoisotopic (exact) mass is 263 g/mol. The third kappa shape index (κ3) is 2.26. The van der Waals surface area contributed by atoms with Crippen molar-refractivity contribution in [3.63, 3.8) is 0 Å². The zero-order valence-corrected chi connectivity index (χ0v) is 10.6. The molecule has 100 valence electrons. The molecule has 2 unspecified atom stereocenters. The highest BCUT2D eigenvalue weighted by Crippen LogP contribution is 2.29. The average Bonchev–Trinajstić information content (AvgIpc) is 2.71. The molecule has 19 heavy (non-hydrogen) atoms. The lowest BCUT2D eigenvalue weighted by atomic mass is 9.98. The van der Waals surface area contributed by atoms with Crippen molar-refractivity contribution >= 4 is 0 Å². The average molecular weight is 263 g/mol. The van der Waals surface area contributed by atoms with E-state index in [4.69, 9.17) is 5.73 Å². The molecule has 1 aromatic heterocycles. The van der Waals surface area contributed by atoms with Crippen molar-refractivity contribution in [3.8, 4) is 11.3 Å². The molecule has 0 amide bonds. The molecular formula is C14H15F2N3. The second-order valence-electron chi connectivity index (χ2n) is 5.19. The predicted molar refractivity (Wildman–Crippen MR) is 68.6 cm³/mol. The molecule has 0 saturated heterocycles. The minimum atomic E-state index is -0.592. The highest BCUT2D eigenvalue weighted by atomic mass is 19.1. The van der Waals surface area contributed by atoms with Crippen LogP contribution in [0, 0.1) is 11.6 Å². The minimum absolute atomic E-state index is 0.105. The van der Waals surface area contributed by atoms with Gasteiger partial charge in [0.15, 0.2) is 0 Å². The van der Waals surface area contributed by atoms with E-state index in [1.54, 1.807) is 0 Å². The van der Waals surface area contributed by atoms with Gasteiger partial charge in [0.2, 0.25) is 0 Å². The largest absolute Gasteiger partial charge is 0.332 e. The fourth-order valence-electron chi connectivity index (χ4n) is 2.70. The Morgan fingerprint density at radius 3 is 2.63 bits per heavy atom. The van der Waals surface area contributed by atoms with Crippen molar-refractivity contribution < 1.29 is 8.78 Å². The Kier molecular flexibility index (Phi) is 2.86. The van der Waals surface area contributed by atoms with Gasteiger partial charge in [-0.05, 0) is 18.6 Å². The third-order valence-electron chi connectivity index (χ3n) is 3.49. The summed E-state index contributed by atoms with van der Waals surface area (Å²) in [6.45, 7) is 2.76. The number of nitrogens with two attached hydrogens (primary N) is 1. The molecule has 0 saturated carbocycles. The number of benzene rings is 1. The second kappa shape index (κ2) is 4.42. The normalized spacial score (nSPS) is 22.3. The van der Waals surface area contributed by atoms with Crippen LogP contribution in [-0.2, 0) is 6.54 Å². The van der Waals surface area contributed by atoms with E-state index in [-0.39, 0.29) is 12.0 Å². The molecule has 0 radical (unpaired) electrons. The number of nitrogens with zero attached hydrogens (tertiary/aromatic N) is 2. The van der Waals surface area contributed by atoms with Gasteiger partial charge in [0, 0.05) is 36.3 Å². The number of aromatic nitrogens is 2. The minimum Gasteiger partial charge on any atom is -0.332 e. The van der Waals surface area contributed by atoms with Gasteiger partial charge in [-0.2, -0.15) is 0 Å². The Labute approximate surface area is 110 Å². The molecule has 5 heteroatoms. The molecule has 3 nitrogen and oxygen atoms in total. The first-order chi connectivity index (χ1) is 9.02. The summed E-state index contributed by atoms with van der Waals surface area (Å²) in [5.41, 5.74) is 7.02. The van der Waals surface area contributed by atoms with Crippen LogP contribution in [-0.4, -0.2) is 15.6 Å². The zero-order valence-electron chi connectivity index (χ0n) is 10.6. The molecule has 2 aromatic rings. The molecular weight excluding hydrogens is 248 g/mol. The standard InChI is InChI=1S/C14H15F2N3/c1-8-2-12(17)6-19-7-13(18-14(8)19)9-3-10(15)5-11(16)4-9/h3-5,7-8,12H,2,6,17H2,1H3. The first-order valence-corrected chi connectivity index (χ1v) is 6.32. The zero-order chi connectivity index (χ0) is 13.6. The van der Waals surface area contributed by atoms with E-state index in [9.17, 15) is 8.78 Å². The van der Waals surface area contributed by atoms with Crippen molar-refractivity contribution in [1.29, 1.82) is 0 Å². The summed E-state index contributed by atoms with van der Waals surface area (Å²) in [5.74, 6) is 0.00807. The van der Waals surface area contributed by atoms with E-state index in [2.05, 4.69) is 11.9 Å². The van der Waals surface area contributed by atoms with E-state index in [0.717, 1.165) is 18.3 Å². The lowest BCUT2D eigenvalue weighted by molar-refractivity contribution is 0.407. The van der Waals surface area contributed by atoms with Crippen LogP contribution in [0.2, 0.25) is 0 Å². The van der Waals surface area contributed by atoms with Crippen molar-refractivity contribution in [3.05, 3.63) is 41.9 Å². The second-order valence-corrected chi connectivity index (χ2v) is 5.19. The number of imidazole rings is 1. The quantitative estimate of drug-likeness (QED) is 0.859. The van der Waals surface area contributed by atoms with Gasteiger partial charge in [-0.1, -0.05) is 6.92 Å². The summed E-state index contributed by atoms with van der Waals surface area (Å²) in [7, 11) is 0. The molecule has 1 aliphatic rings. The van der Waals surface area contributed by atoms with Crippen LogP contribution in [0.3, 0.4) is 0 Å². The van der Waals surface area contributed by atoms with Crippen LogP contribution in [0.15, 0.2) is 24.4 Å². The van der Waals surface area contributed by atoms with Crippen LogP contribution >= 0.6 is 0 Å². The topological polar surface area (TPSA) is 43.8 Å². The highest BCUT2D eigenvalue weighted by Gasteiger charge is 2.24. The molecule has 2 atom stereocenters. The number of rotatable bonds is 1. The molecule has 1 aromatic carbocycles. The van der Waals surface area contributed by atoms with Crippen molar-refractivity contribution in [2.45, 2.75) is 31.8 Å². The molecule has 1 aliphatic heterocycles. The van der Waals surface area contributed by atoms with Gasteiger partial charge < -0.3 is 10.3 Å². The van der Waals surface area contributed by atoms with Crippen molar-refractivity contribution in [1.82, 2.24) is 9.55 Å². The van der Waals surface area contributed by atoms with E-state index < -0.39 is 11.6 Å². The van der Waals surface area contributed by atoms with Gasteiger partial charge in [-0.15, -0.1) is 0 Å². The number of hydrogen-bond acceptors (Lipinski definition) is 2. The fourth-order valence-corrected chi connectivity index (χ4v) is 2.70. The van der Waals surface area contributed by atoms with Gasteiger partial charge in [0.25, 0.3) is 0 Å². The first kappa shape index (κ1) is 12.3. The van der Waals surface area contributed by atoms with Gasteiger partial charge in [-0.3, -0.25) is 0 Å². The Bertz CT molecular complexity index is 601. The van der Waals surface area contributed by atoms with E-state index in [0.29, 0.717) is 17.8 Å². The van der Waals surface area contributed by atoms with Gasteiger partial charge in [0.05, 0.1) is 5.69 Å². The summed E-state index contributed by atoms with van der Waals surface area (Å²) in [4.78, 5) is 4.49. The number of halogens is 2. The molecule has 2 heterocycles. The van der Waals surface area contributed by atoms with Gasteiger partial charge >= 0.3 is 0 Å². The molecule has 0 aliphatic carbocycles. The highest BCUT2D eigenvalue weighted by molar-refractivity contribution is 5.59. The molecule has 0 bridgehead atoms. The summed E-state index contributed by atoms with van der Waals surface area (Å²) >= 11 is 0. The molecule has 3 rings (SSSR count). The van der Waals surface area contributed by atoms with E-state index in [1.165, 1.54) is 12.1 Å². The summed E-state index contributed by atoms with van der Waals surface area (Å²) < 4.78 is 28.5. The van der Waals surface area contributed by atoms with E-state index >= 15 is 0 Å². The number of hydrogen-bond donors (Lipinski definition) is 1. The Morgan fingerprint density at radius 1 is 1.26 bits per heavy atom. The van der Waals surface area contributed by atoms with Crippen LogP contribution in [0.25, 0.3) is 11.3 Å². The maximum atomic E-state index is 13.2. The maximum Gasteiger partial charge on any atom is 0.126 e. The Morgan fingerprint density at radius 2 is 1.95 bits per heavy atom. The van der Waals surface area contributed by atoms with Crippen molar-refractivity contribution in [2.75, 3.05) is 0 Å². The Balaban J connectivity index is 2.05. The number of fused-ring (bicyclic) bond motifs is 1. The molecule has 0 fully saturated rings. The molecule has 0 spiro atoms. The summed E-state index contributed by atoms with van der Waals surface area (Å²) in [6, 6.07) is 3.55. The SMILES string of the molecule is CC1CC(N)Cn2cc(-c3cc(F)cc(F)c3)nc21. The van der Waals surface area contributed by atoms with Crippen LogP contribution < -0.4 is 5.73 Å². The van der Waals surface area contributed by atoms with Crippen LogP contribution in [0.4, 0.5) is 8.78 Å². The Hall–Kier alpha value is -1.75. The fraction of sp³-hybridized carbons (Fsp3) is 0.357. The summed E-state index contributed by atoms with van der Waals surface area (Å²) in [5, 5.41) is 0. The van der Waals surface area contributed by atoms with Crippen LogP contribution in [0.1, 0.15) is 25.1 Å². The predicted octanol–water partition coefficient (Wildman–Crippen LogP) is 2.66. The lowest BCUT2D eigenvalue weighted by Crippen LogP contribution is -2.33. The van der Waals surface area contributed by atoms with E-state index in [1.807, 2.05) is 10.8 Å².